The van der Waals surface area contributed by atoms with Crippen LogP contribution in [0.15, 0.2) is 72.8 Å². The summed E-state index contributed by atoms with van der Waals surface area (Å²) < 4.78 is 11.5. The van der Waals surface area contributed by atoms with Crippen LogP contribution < -0.4 is 15.0 Å². The first-order valence-electron chi connectivity index (χ1n) is 13.3. The number of anilines is 3. The Bertz CT molecular complexity index is 1170. The van der Waals surface area contributed by atoms with Crippen LogP contribution in [-0.4, -0.2) is 42.3 Å². The Kier molecular flexibility index (Phi) is 7.38. The lowest BCUT2D eigenvalue weighted by Crippen LogP contribution is -2.39. The van der Waals surface area contributed by atoms with Crippen LogP contribution in [0.4, 0.5) is 21.9 Å². The molecule has 2 aliphatic heterocycles. The number of para-hydroxylation sites is 3. The van der Waals surface area contributed by atoms with Crippen molar-refractivity contribution in [2.45, 2.75) is 58.3 Å². The predicted octanol–water partition coefficient (Wildman–Crippen LogP) is 6.77. The van der Waals surface area contributed by atoms with E-state index in [9.17, 15) is 4.79 Å². The molecule has 6 nitrogen and oxygen atoms in total. The molecule has 3 aromatic rings. The minimum absolute atomic E-state index is 0.429. The minimum Gasteiger partial charge on any atom is -0.487 e. The molecular formula is C31H37N3O3. The van der Waals surface area contributed by atoms with Gasteiger partial charge in [-0.25, -0.2) is 4.79 Å². The van der Waals surface area contributed by atoms with Crippen LogP contribution in [0.3, 0.4) is 0 Å². The van der Waals surface area contributed by atoms with E-state index in [0.717, 1.165) is 43.2 Å². The van der Waals surface area contributed by atoms with E-state index in [1.807, 2.05) is 39.0 Å². The van der Waals surface area contributed by atoms with Gasteiger partial charge in [-0.3, -0.25) is 10.2 Å². The van der Waals surface area contributed by atoms with Gasteiger partial charge < -0.3 is 14.4 Å². The van der Waals surface area contributed by atoms with Crippen molar-refractivity contribution in [3.8, 4) is 5.75 Å². The zero-order valence-electron chi connectivity index (χ0n) is 22.1. The van der Waals surface area contributed by atoms with Crippen LogP contribution in [0.5, 0.6) is 5.75 Å². The Morgan fingerprint density at radius 3 is 2.51 bits per heavy atom. The fraction of sp³-hybridized carbons (Fsp3) is 0.387. The highest BCUT2D eigenvalue weighted by atomic mass is 16.6. The number of likely N-dealkylation sites (tertiary alicyclic amines) is 1. The quantitative estimate of drug-likeness (QED) is 0.406. The van der Waals surface area contributed by atoms with Gasteiger partial charge in [0.25, 0.3) is 0 Å². The molecule has 6 heteroatoms. The largest absolute Gasteiger partial charge is 0.487 e. The maximum absolute atomic E-state index is 12.0. The first kappa shape index (κ1) is 25.2. The molecule has 5 rings (SSSR count). The summed E-state index contributed by atoms with van der Waals surface area (Å²) in [6.45, 7) is 9.25. The summed E-state index contributed by atoms with van der Waals surface area (Å²) in [6, 6.07) is 25.5. The summed E-state index contributed by atoms with van der Waals surface area (Å²) in [5.74, 6) is 0.948. The minimum atomic E-state index is -0.513. The predicted molar refractivity (Wildman–Crippen MR) is 149 cm³/mol. The number of amides is 1. The number of carbonyl (C=O) groups excluding carboxylic acids is 1. The first-order chi connectivity index (χ1) is 17.9. The van der Waals surface area contributed by atoms with E-state index in [4.69, 9.17) is 9.47 Å². The number of nitrogens with one attached hydrogen (secondary N) is 1. The summed E-state index contributed by atoms with van der Waals surface area (Å²) in [6.07, 6.45) is 2.96. The molecule has 0 radical (unpaired) electrons. The van der Waals surface area contributed by atoms with E-state index >= 15 is 0 Å². The van der Waals surface area contributed by atoms with Crippen molar-refractivity contribution >= 4 is 23.2 Å². The SMILES string of the molecule is CC(C)(C)OC(=O)Nc1ccc(CCN2CCC[C@@H]2CN2c3ccccc3COc3ccccc32)cc1. The first-order valence-corrected chi connectivity index (χ1v) is 13.3. The Morgan fingerprint density at radius 1 is 1.00 bits per heavy atom. The number of nitrogens with zero attached hydrogens (tertiary/aromatic N) is 2. The number of carbonyl (C=O) groups is 1. The number of rotatable bonds is 6. The molecule has 0 aliphatic carbocycles. The topological polar surface area (TPSA) is 54.0 Å². The van der Waals surface area contributed by atoms with Gasteiger partial charge in [0.2, 0.25) is 0 Å². The van der Waals surface area contributed by atoms with Crippen molar-refractivity contribution in [2.75, 3.05) is 29.9 Å². The zero-order chi connectivity index (χ0) is 25.8. The Labute approximate surface area is 220 Å². The maximum atomic E-state index is 12.0. The molecule has 2 heterocycles. The molecule has 1 saturated heterocycles. The number of fused-ring (bicyclic) bond motifs is 2. The van der Waals surface area contributed by atoms with Gasteiger partial charge in [-0.05, 0) is 82.5 Å². The molecule has 3 aromatic carbocycles. The van der Waals surface area contributed by atoms with E-state index in [1.54, 1.807) is 0 Å². The van der Waals surface area contributed by atoms with Crippen molar-refractivity contribution in [1.29, 1.82) is 0 Å². The second kappa shape index (κ2) is 10.9. The van der Waals surface area contributed by atoms with Crippen LogP contribution in [-0.2, 0) is 17.8 Å². The van der Waals surface area contributed by atoms with Gasteiger partial charge in [-0.2, -0.15) is 0 Å². The second-order valence-electron chi connectivity index (χ2n) is 10.9. The van der Waals surface area contributed by atoms with Crippen molar-refractivity contribution in [1.82, 2.24) is 4.90 Å². The van der Waals surface area contributed by atoms with Crippen LogP contribution in [0.2, 0.25) is 0 Å². The summed E-state index contributed by atoms with van der Waals surface area (Å²) >= 11 is 0. The summed E-state index contributed by atoms with van der Waals surface area (Å²) in [4.78, 5) is 17.1. The third-order valence-corrected chi connectivity index (χ3v) is 7.00. The zero-order valence-corrected chi connectivity index (χ0v) is 22.1. The average molecular weight is 500 g/mol. The molecule has 0 aromatic heterocycles. The second-order valence-corrected chi connectivity index (χ2v) is 10.9. The van der Waals surface area contributed by atoms with E-state index in [2.05, 4.69) is 69.7 Å². The molecule has 194 valence electrons. The monoisotopic (exact) mass is 499 g/mol. The third kappa shape index (κ3) is 6.25. The van der Waals surface area contributed by atoms with Crippen LogP contribution in [0.25, 0.3) is 0 Å². The molecule has 1 amide bonds. The summed E-state index contributed by atoms with van der Waals surface area (Å²) in [5.41, 5.74) is 5.11. The number of ether oxygens (including phenoxy) is 2. The van der Waals surface area contributed by atoms with E-state index in [1.165, 1.54) is 29.7 Å². The van der Waals surface area contributed by atoms with Crippen molar-refractivity contribution in [3.05, 3.63) is 83.9 Å². The molecular weight excluding hydrogens is 462 g/mol. The number of benzene rings is 3. The van der Waals surface area contributed by atoms with Gasteiger partial charge >= 0.3 is 6.09 Å². The smallest absolute Gasteiger partial charge is 0.412 e. The molecule has 0 unspecified atom stereocenters. The highest BCUT2D eigenvalue weighted by molar-refractivity contribution is 5.84. The fourth-order valence-corrected chi connectivity index (χ4v) is 5.24. The molecule has 1 fully saturated rings. The summed E-state index contributed by atoms with van der Waals surface area (Å²) in [5, 5.41) is 2.81. The Hall–Kier alpha value is -3.51. The molecule has 0 bridgehead atoms. The summed E-state index contributed by atoms with van der Waals surface area (Å²) in [7, 11) is 0. The molecule has 1 atom stereocenters. The highest BCUT2D eigenvalue weighted by Gasteiger charge is 2.29. The maximum Gasteiger partial charge on any atom is 0.412 e. The van der Waals surface area contributed by atoms with Crippen molar-refractivity contribution < 1.29 is 14.3 Å². The Morgan fingerprint density at radius 2 is 1.73 bits per heavy atom. The lowest BCUT2D eigenvalue weighted by atomic mass is 10.1. The third-order valence-electron chi connectivity index (χ3n) is 7.00. The molecule has 0 saturated carbocycles. The molecule has 1 N–H and O–H groups in total. The van der Waals surface area contributed by atoms with E-state index < -0.39 is 11.7 Å². The lowest BCUT2D eigenvalue weighted by Gasteiger charge is -2.32. The average Bonchev–Trinajstić information content (AvgIpc) is 3.25. The van der Waals surface area contributed by atoms with Crippen LogP contribution in [0, 0.1) is 0 Å². The van der Waals surface area contributed by atoms with Gasteiger partial charge in [0.1, 0.15) is 18.0 Å². The van der Waals surface area contributed by atoms with Crippen LogP contribution in [0.1, 0.15) is 44.7 Å². The van der Waals surface area contributed by atoms with E-state index in [-0.39, 0.29) is 0 Å². The molecule has 2 aliphatic rings. The van der Waals surface area contributed by atoms with Crippen molar-refractivity contribution in [3.63, 3.8) is 0 Å². The van der Waals surface area contributed by atoms with E-state index in [0.29, 0.717) is 12.6 Å². The number of hydrogen-bond acceptors (Lipinski definition) is 5. The van der Waals surface area contributed by atoms with Gasteiger partial charge in [-0.15, -0.1) is 0 Å². The fourth-order valence-electron chi connectivity index (χ4n) is 5.24. The van der Waals surface area contributed by atoms with Crippen LogP contribution >= 0.6 is 0 Å². The van der Waals surface area contributed by atoms with Crippen molar-refractivity contribution in [2.24, 2.45) is 0 Å². The normalized spacial score (nSPS) is 17.4. The molecule has 37 heavy (non-hydrogen) atoms. The Balaban J connectivity index is 1.23. The van der Waals surface area contributed by atoms with Gasteiger partial charge in [0.05, 0.1) is 5.69 Å². The lowest BCUT2D eigenvalue weighted by molar-refractivity contribution is 0.0636. The van der Waals surface area contributed by atoms with Gasteiger partial charge in [0, 0.05) is 36.1 Å². The van der Waals surface area contributed by atoms with Gasteiger partial charge in [-0.1, -0.05) is 42.5 Å². The standard InChI is InChI=1S/C31H37N3O3/c1-31(2,3)37-30(35)32-25-16-14-23(15-17-25)18-20-33-19-8-10-26(33)21-34-27-11-5-4-9-24(27)22-36-29-13-7-6-12-28(29)34/h4-7,9,11-17,26H,8,10,18-22H2,1-3H3,(H,32,35)/t26-/m1/s1. The molecule has 0 spiro atoms. The highest BCUT2D eigenvalue weighted by Crippen LogP contribution is 2.40. The number of hydrogen-bond donors (Lipinski definition) is 1. The van der Waals surface area contributed by atoms with Gasteiger partial charge in [0.15, 0.2) is 0 Å².